The highest BCUT2D eigenvalue weighted by atomic mass is 35.5. The first-order valence-electron chi connectivity index (χ1n) is 7.32. The van der Waals surface area contributed by atoms with Crippen molar-refractivity contribution >= 4 is 50.4 Å². The zero-order chi connectivity index (χ0) is 17.4. The quantitative estimate of drug-likeness (QED) is 0.649. The predicted molar refractivity (Wildman–Crippen MR) is 102 cm³/mol. The molecule has 1 heterocycles. The number of rotatable bonds is 9. The van der Waals surface area contributed by atoms with Gasteiger partial charge in [-0.2, -0.15) is 11.8 Å². The Morgan fingerprint density at radius 3 is 2.62 bits per heavy atom. The van der Waals surface area contributed by atoms with Crippen LogP contribution in [0.2, 0.25) is 5.02 Å². The van der Waals surface area contributed by atoms with E-state index in [1.807, 2.05) is 11.4 Å². The lowest BCUT2D eigenvalue weighted by molar-refractivity contribution is -0.120. The van der Waals surface area contributed by atoms with Crippen molar-refractivity contribution in [2.75, 3.05) is 18.1 Å². The summed E-state index contributed by atoms with van der Waals surface area (Å²) in [6, 6.07) is 10.1. The summed E-state index contributed by atoms with van der Waals surface area (Å²) in [6.07, 6.45) is -0.0411. The van der Waals surface area contributed by atoms with E-state index in [1.165, 1.54) is 29.1 Å². The highest BCUT2D eigenvalue weighted by molar-refractivity contribution is 7.98. The number of nitrogens with one attached hydrogen (secondary N) is 1. The second-order valence-electron chi connectivity index (χ2n) is 5.00. The van der Waals surface area contributed by atoms with Gasteiger partial charge in [0.1, 0.15) is 0 Å². The largest absolute Gasteiger partial charge is 0.355 e. The van der Waals surface area contributed by atoms with Crippen LogP contribution in [0.5, 0.6) is 0 Å². The number of halogens is 1. The lowest BCUT2D eigenvalue weighted by atomic mass is 10.4. The Morgan fingerprint density at radius 2 is 1.96 bits per heavy atom. The maximum atomic E-state index is 12.1. The van der Waals surface area contributed by atoms with Crippen LogP contribution >= 0.6 is 34.7 Å². The van der Waals surface area contributed by atoms with Crippen LogP contribution in [-0.4, -0.2) is 32.4 Å². The minimum absolute atomic E-state index is 0.0411. The first-order chi connectivity index (χ1) is 11.5. The molecule has 0 saturated heterocycles. The van der Waals surface area contributed by atoms with E-state index in [4.69, 9.17) is 11.6 Å². The van der Waals surface area contributed by atoms with E-state index >= 15 is 0 Å². The van der Waals surface area contributed by atoms with Crippen LogP contribution in [0.15, 0.2) is 46.7 Å². The van der Waals surface area contributed by atoms with E-state index in [2.05, 4.69) is 11.4 Å². The van der Waals surface area contributed by atoms with Crippen molar-refractivity contribution < 1.29 is 13.2 Å². The lowest BCUT2D eigenvalue weighted by Gasteiger charge is -2.06. The molecule has 130 valence electrons. The molecule has 0 radical (unpaired) electrons. The van der Waals surface area contributed by atoms with E-state index in [-0.39, 0.29) is 23.0 Å². The number of sulfone groups is 1. The molecule has 0 spiro atoms. The second-order valence-corrected chi connectivity index (χ2v) is 9.69. The second kappa shape index (κ2) is 9.46. The highest BCUT2D eigenvalue weighted by Crippen LogP contribution is 2.17. The smallest absolute Gasteiger partial charge is 0.221 e. The van der Waals surface area contributed by atoms with Crippen LogP contribution in [0.25, 0.3) is 0 Å². The first-order valence-corrected chi connectivity index (χ1v) is 11.4. The molecule has 0 aliphatic rings. The van der Waals surface area contributed by atoms with Gasteiger partial charge >= 0.3 is 0 Å². The van der Waals surface area contributed by atoms with Crippen molar-refractivity contribution in [2.24, 2.45) is 0 Å². The molecule has 2 rings (SSSR count). The van der Waals surface area contributed by atoms with Gasteiger partial charge in [-0.05, 0) is 35.7 Å². The fourth-order valence-electron chi connectivity index (χ4n) is 1.91. The predicted octanol–water partition coefficient (Wildman–Crippen LogP) is 3.61. The van der Waals surface area contributed by atoms with Crippen LogP contribution < -0.4 is 5.32 Å². The maximum Gasteiger partial charge on any atom is 0.221 e. The Labute approximate surface area is 155 Å². The molecule has 8 heteroatoms. The number of benzene rings is 1. The lowest BCUT2D eigenvalue weighted by Crippen LogP contribution is -2.27. The Hall–Kier alpha value is -1.02. The summed E-state index contributed by atoms with van der Waals surface area (Å²) in [6.45, 7) is 0.538. The summed E-state index contributed by atoms with van der Waals surface area (Å²) in [5.41, 5.74) is 0. The Morgan fingerprint density at radius 1 is 1.21 bits per heavy atom. The third-order valence-corrected chi connectivity index (χ3v) is 7.21. The Balaban J connectivity index is 1.66. The van der Waals surface area contributed by atoms with Crippen molar-refractivity contribution in [3.05, 3.63) is 51.7 Å². The van der Waals surface area contributed by atoms with Crippen molar-refractivity contribution in [1.29, 1.82) is 0 Å². The van der Waals surface area contributed by atoms with E-state index in [0.29, 0.717) is 11.6 Å². The zero-order valence-electron chi connectivity index (χ0n) is 12.9. The highest BCUT2D eigenvalue weighted by Gasteiger charge is 2.16. The average molecular weight is 404 g/mol. The molecule has 1 aromatic heterocycles. The van der Waals surface area contributed by atoms with E-state index < -0.39 is 9.84 Å². The molecule has 0 fully saturated rings. The van der Waals surface area contributed by atoms with Crippen LogP contribution in [0, 0.1) is 0 Å². The standard InChI is InChI=1S/C16H18ClNO3S3/c17-13-3-5-15(6-4-13)24(20,21)11-7-16(19)18-8-10-22-12-14-2-1-9-23-14/h1-6,9H,7-8,10-12H2,(H,18,19). The van der Waals surface area contributed by atoms with Crippen LogP contribution in [0.1, 0.15) is 11.3 Å². The van der Waals surface area contributed by atoms with Crippen LogP contribution in [0.3, 0.4) is 0 Å². The molecule has 1 amide bonds. The first kappa shape index (κ1) is 19.3. The molecular weight excluding hydrogens is 386 g/mol. The molecule has 4 nitrogen and oxygen atoms in total. The number of hydrogen-bond donors (Lipinski definition) is 1. The zero-order valence-corrected chi connectivity index (χ0v) is 16.1. The molecule has 0 aliphatic heterocycles. The van der Waals surface area contributed by atoms with Gasteiger partial charge in [-0.25, -0.2) is 8.42 Å². The van der Waals surface area contributed by atoms with Gasteiger partial charge in [-0.3, -0.25) is 4.79 Å². The van der Waals surface area contributed by atoms with Gasteiger partial charge in [0.25, 0.3) is 0 Å². The molecule has 0 unspecified atom stereocenters. The molecule has 1 N–H and O–H groups in total. The molecule has 0 atom stereocenters. The summed E-state index contributed by atoms with van der Waals surface area (Å²) in [4.78, 5) is 13.3. The van der Waals surface area contributed by atoms with Crippen molar-refractivity contribution in [1.82, 2.24) is 5.32 Å². The molecule has 0 saturated carbocycles. The van der Waals surface area contributed by atoms with Gasteiger partial charge in [0, 0.05) is 34.4 Å². The summed E-state index contributed by atoms with van der Waals surface area (Å²) in [5.74, 6) is 1.28. The fourth-order valence-corrected chi connectivity index (χ4v) is 4.97. The number of hydrogen-bond acceptors (Lipinski definition) is 5. The number of carbonyl (C=O) groups is 1. The third kappa shape index (κ3) is 6.47. The minimum Gasteiger partial charge on any atom is -0.355 e. The monoisotopic (exact) mass is 403 g/mol. The number of amides is 1. The number of thioether (sulfide) groups is 1. The molecular formula is C16H18ClNO3S3. The van der Waals surface area contributed by atoms with Gasteiger partial charge in [-0.15, -0.1) is 11.3 Å². The Kier molecular flexibility index (Phi) is 7.61. The number of carbonyl (C=O) groups excluding carboxylic acids is 1. The molecule has 1 aromatic carbocycles. The topological polar surface area (TPSA) is 63.2 Å². The van der Waals surface area contributed by atoms with Gasteiger partial charge in [-0.1, -0.05) is 17.7 Å². The van der Waals surface area contributed by atoms with Crippen molar-refractivity contribution in [3.63, 3.8) is 0 Å². The molecule has 24 heavy (non-hydrogen) atoms. The molecule has 0 bridgehead atoms. The van der Waals surface area contributed by atoms with Gasteiger partial charge in [0.2, 0.25) is 5.91 Å². The van der Waals surface area contributed by atoms with Crippen LogP contribution in [0.4, 0.5) is 0 Å². The fraction of sp³-hybridized carbons (Fsp3) is 0.312. The van der Waals surface area contributed by atoms with Gasteiger partial charge in [0.05, 0.1) is 10.6 Å². The van der Waals surface area contributed by atoms with Crippen molar-refractivity contribution in [2.45, 2.75) is 17.1 Å². The molecule has 0 aliphatic carbocycles. The maximum absolute atomic E-state index is 12.1. The summed E-state index contributed by atoms with van der Waals surface area (Å²) in [7, 11) is -3.46. The van der Waals surface area contributed by atoms with Gasteiger partial charge < -0.3 is 5.32 Å². The summed E-state index contributed by atoms with van der Waals surface area (Å²) < 4.78 is 24.3. The van der Waals surface area contributed by atoms with E-state index in [1.54, 1.807) is 23.1 Å². The van der Waals surface area contributed by atoms with E-state index in [0.717, 1.165) is 11.5 Å². The summed E-state index contributed by atoms with van der Waals surface area (Å²) >= 11 is 9.20. The number of thiophene rings is 1. The van der Waals surface area contributed by atoms with Gasteiger partial charge in [0.15, 0.2) is 9.84 Å². The molecule has 2 aromatic rings. The van der Waals surface area contributed by atoms with E-state index in [9.17, 15) is 13.2 Å². The Bertz CT molecular complexity index is 743. The SMILES string of the molecule is O=C(CCS(=O)(=O)c1ccc(Cl)cc1)NCCSCc1cccs1. The third-order valence-electron chi connectivity index (χ3n) is 3.16. The normalized spacial score (nSPS) is 11.4. The van der Waals surface area contributed by atoms with Crippen LogP contribution in [-0.2, 0) is 20.4 Å². The summed E-state index contributed by atoms with van der Waals surface area (Å²) in [5, 5.41) is 5.27. The minimum atomic E-state index is -3.46. The average Bonchev–Trinajstić information content (AvgIpc) is 3.06. The van der Waals surface area contributed by atoms with Crippen molar-refractivity contribution in [3.8, 4) is 0 Å².